The minimum absolute atomic E-state index is 0.260. The van der Waals surface area contributed by atoms with Crippen molar-refractivity contribution in [3.63, 3.8) is 0 Å². The fraction of sp³-hybridized carbons (Fsp3) is 0.417. The molecule has 0 aromatic heterocycles. The van der Waals surface area contributed by atoms with Crippen molar-refractivity contribution in [3.8, 4) is 6.07 Å². The van der Waals surface area contributed by atoms with Gasteiger partial charge in [0.2, 0.25) is 0 Å². The zero-order chi connectivity index (χ0) is 11.3. The number of hydrogen-bond acceptors (Lipinski definition) is 3. The summed E-state index contributed by atoms with van der Waals surface area (Å²) >= 11 is 0. The highest BCUT2D eigenvalue weighted by Gasteiger charge is 2.10. The van der Waals surface area contributed by atoms with Crippen molar-refractivity contribution in [3.05, 3.63) is 35.4 Å². The molecule has 0 spiro atoms. The fourth-order valence-electron chi connectivity index (χ4n) is 1.53. The Bertz CT molecular complexity index is 340. The van der Waals surface area contributed by atoms with Crippen molar-refractivity contribution < 1.29 is 5.11 Å². The van der Waals surface area contributed by atoms with E-state index in [2.05, 4.69) is 6.07 Å². The van der Waals surface area contributed by atoms with Crippen LogP contribution in [0.3, 0.4) is 0 Å². The molecule has 0 radical (unpaired) electrons. The number of benzene rings is 1. The second kappa shape index (κ2) is 5.50. The molecular formula is C12H16N2O. The van der Waals surface area contributed by atoms with E-state index in [0.29, 0.717) is 18.5 Å². The average Bonchev–Trinajstić information content (AvgIpc) is 2.29. The standard InChI is InChI=1S/C12H16N2O/c1-9(6-12(15)8-14)11-4-2-10(7-13)3-5-11/h2-5,9,12,15H,6,8,14H2,1H3. The number of nitrogens with zero attached hydrogens (tertiary/aromatic N) is 1. The lowest BCUT2D eigenvalue weighted by Crippen LogP contribution is -2.21. The normalized spacial score (nSPS) is 14.3. The van der Waals surface area contributed by atoms with Crippen molar-refractivity contribution in [2.75, 3.05) is 6.54 Å². The maximum absolute atomic E-state index is 9.41. The molecule has 80 valence electrons. The summed E-state index contributed by atoms with van der Waals surface area (Å²) in [5.41, 5.74) is 7.14. The summed E-state index contributed by atoms with van der Waals surface area (Å²) in [6.07, 6.45) is 0.207. The Kier molecular flexibility index (Phi) is 4.29. The summed E-state index contributed by atoms with van der Waals surface area (Å²) in [6, 6.07) is 9.51. The monoisotopic (exact) mass is 204 g/mol. The molecule has 0 amide bonds. The van der Waals surface area contributed by atoms with Gasteiger partial charge in [0.15, 0.2) is 0 Å². The van der Waals surface area contributed by atoms with Gasteiger partial charge in [0.05, 0.1) is 17.7 Å². The Morgan fingerprint density at radius 2 is 2.00 bits per heavy atom. The van der Waals surface area contributed by atoms with Crippen LogP contribution in [0.4, 0.5) is 0 Å². The summed E-state index contributed by atoms with van der Waals surface area (Å²) in [5, 5.41) is 18.1. The van der Waals surface area contributed by atoms with Gasteiger partial charge < -0.3 is 10.8 Å². The first-order chi connectivity index (χ1) is 7.17. The predicted octanol–water partition coefficient (Wildman–Crippen LogP) is 1.37. The number of nitriles is 1. The van der Waals surface area contributed by atoms with Gasteiger partial charge in [0, 0.05) is 6.54 Å². The van der Waals surface area contributed by atoms with Crippen LogP contribution >= 0.6 is 0 Å². The van der Waals surface area contributed by atoms with E-state index in [9.17, 15) is 5.11 Å². The first-order valence-electron chi connectivity index (χ1n) is 5.05. The molecule has 3 heteroatoms. The molecule has 0 fully saturated rings. The van der Waals surface area contributed by atoms with Crippen molar-refractivity contribution >= 4 is 0 Å². The summed E-state index contributed by atoms with van der Waals surface area (Å²) in [6.45, 7) is 2.33. The zero-order valence-corrected chi connectivity index (χ0v) is 8.85. The van der Waals surface area contributed by atoms with Crippen LogP contribution in [-0.2, 0) is 0 Å². The Balaban J connectivity index is 2.66. The molecule has 0 bridgehead atoms. The molecule has 1 aromatic carbocycles. The van der Waals surface area contributed by atoms with Crippen molar-refractivity contribution in [1.82, 2.24) is 0 Å². The molecule has 0 saturated carbocycles. The topological polar surface area (TPSA) is 70.0 Å². The van der Waals surface area contributed by atoms with Gasteiger partial charge in [-0.25, -0.2) is 0 Å². The fourth-order valence-corrected chi connectivity index (χ4v) is 1.53. The van der Waals surface area contributed by atoms with Crippen LogP contribution in [0.15, 0.2) is 24.3 Å². The molecule has 3 N–H and O–H groups in total. The second-order valence-corrected chi connectivity index (χ2v) is 3.76. The van der Waals surface area contributed by atoms with Crippen LogP contribution < -0.4 is 5.73 Å². The minimum atomic E-state index is -0.448. The van der Waals surface area contributed by atoms with Gasteiger partial charge in [-0.1, -0.05) is 19.1 Å². The smallest absolute Gasteiger partial charge is 0.0991 e. The molecule has 15 heavy (non-hydrogen) atoms. The van der Waals surface area contributed by atoms with Crippen LogP contribution in [0.2, 0.25) is 0 Å². The molecule has 0 aliphatic rings. The van der Waals surface area contributed by atoms with Gasteiger partial charge in [-0.15, -0.1) is 0 Å². The largest absolute Gasteiger partial charge is 0.392 e. The third-order valence-corrected chi connectivity index (χ3v) is 2.51. The Hall–Kier alpha value is -1.37. The predicted molar refractivity (Wildman–Crippen MR) is 59.3 cm³/mol. The minimum Gasteiger partial charge on any atom is -0.392 e. The quantitative estimate of drug-likeness (QED) is 0.778. The molecule has 2 unspecified atom stereocenters. The number of aliphatic hydroxyl groups is 1. The summed E-state index contributed by atoms with van der Waals surface area (Å²) < 4.78 is 0. The molecule has 0 aliphatic carbocycles. The zero-order valence-electron chi connectivity index (χ0n) is 8.85. The van der Waals surface area contributed by atoms with Crippen LogP contribution in [0.5, 0.6) is 0 Å². The van der Waals surface area contributed by atoms with E-state index in [1.165, 1.54) is 0 Å². The second-order valence-electron chi connectivity index (χ2n) is 3.76. The van der Waals surface area contributed by atoms with Crippen molar-refractivity contribution in [1.29, 1.82) is 5.26 Å². The van der Waals surface area contributed by atoms with Crippen LogP contribution in [0.25, 0.3) is 0 Å². The maximum Gasteiger partial charge on any atom is 0.0991 e. The first-order valence-corrected chi connectivity index (χ1v) is 5.05. The number of rotatable bonds is 4. The lowest BCUT2D eigenvalue weighted by atomic mass is 9.94. The van der Waals surface area contributed by atoms with Gasteiger partial charge in [-0.05, 0) is 30.0 Å². The molecule has 2 atom stereocenters. The van der Waals surface area contributed by atoms with E-state index in [-0.39, 0.29) is 5.92 Å². The number of hydrogen-bond donors (Lipinski definition) is 2. The first kappa shape index (κ1) is 11.7. The maximum atomic E-state index is 9.41. The average molecular weight is 204 g/mol. The van der Waals surface area contributed by atoms with E-state index in [1.54, 1.807) is 12.1 Å². The van der Waals surface area contributed by atoms with Gasteiger partial charge in [-0.2, -0.15) is 5.26 Å². The Morgan fingerprint density at radius 1 is 1.40 bits per heavy atom. The molecule has 0 aliphatic heterocycles. The highest BCUT2D eigenvalue weighted by Crippen LogP contribution is 2.20. The lowest BCUT2D eigenvalue weighted by Gasteiger charge is -2.15. The van der Waals surface area contributed by atoms with E-state index in [0.717, 1.165) is 5.56 Å². The summed E-state index contributed by atoms with van der Waals surface area (Å²) in [7, 11) is 0. The summed E-state index contributed by atoms with van der Waals surface area (Å²) in [5.74, 6) is 0.260. The third-order valence-electron chi connectivity index (χ3n) is 2.51. The summed E-state index contributed by atoms with van der Waals surface area (Å²) in [4.78, 5) is 0. The molecule has 0 heterocycles. The molecule has 0 saturated heterocycles. The third kappa shape index (κ3) is 3.35. The number of nitrogens with two attached hydrogens (primary N) is 1. The molecule has 1 rings (SSSR count). The van der Waals surface area contributed by atoms with E-state index in [1.807, 2.05) is 19.1 Å². The van der Waals surface area contributed by atoms with E-state index < -0.39 is 6.10 Å². The van der Waals surface area contributed by atoms with Crippen molar-refractivity contribution in [2.24, 2.45) is 5.73 Å². The van der Waals surface area contributed by atoms with Gasteiger partial charge in [0.1, 0.15) is 0 Å². The molecule has 1 aromatic rings. The Morgan fingerprint density at radius 3 is 2.47 bits per heavy atom. The Labute approximate surface area is 90.1 Å². The van der Waals surface area contributed by atoms with Gasteiger partial charge in [-0.3, -0.25) is 0 Å². The molecular weight excluding hydrogens is 188 g/mol. The number of aliphatic hydroxyl groups excluding tert-OH is 1. The highest BCUT2D eigenvalue weighted by molar-refractivity contribution is 5.32. The SMILES string of the molecule is CC(CC(O)CN)c1ccc(C#N)cc1. The van der Waals surface area contributed by atoms with Gasteiger partial charge >= 0.3 is 0 Å². The van der Waals surface area contributed by atoms with E-state index in [4.69, 9.17) is 11.0 Å². The van der Waals surface area contributed by atoms with Crippen LogP contribution in [0, 0.1) is 11.3 Å². The highest BCUT2D eigenvalue weighted by atomic mass is 16.3. The van der Waals surface area contributed by atoms with Crippen LogP contribution in [-0.4, -0.2) is 17.8 Å². The van der Waals surface area contributed by atoms with E-state index >= 15 is 0 Å². The van der Waals surface area contributed by atoms with Crippen LogP contribution in [0.1, 0.15) is 30.4 Å². The van der Waals surface area contributed by atoms with Gasteiger partial charge in [0.25, 0.3) is 0 Å². The molecule has 3 nitrogen and oxygen atoms in total. The van der Waals surface area contributed by atoms with Crippen molar-refractivity contribution in [2.45, 2.75) is 25.4 Å². The lowest BCUT2D eigenvalue weighted by molar-refractivity contribution is 0.165.